The Labute approximate surface area is 142 Å². The Bertz CT molecular complexity index is 614. The zero-order valence-corrected chi connectivity index (χ0v) is 14.4. The van der Waals surface area contributed by atoms with Crippen molar-refractivity contribution in [3.8, 4) is 5.75 Å². The summed E-state index contributed by atoms with van der Waals surface area (Å²) >= 11 is 12.1. The van der Waals surface area contributed by atoms with Gasteiger partial charge < -0.3 is 10.1 Å². The maximum Gasteiger partial charge on any atom is 0.119 e. The van der Waals surface area contributed by atoms with Crippen LogP contribution in [0, 0.1) is 5.92 Å². The van der Waals surface area contributed by atoms with E-state index in [1.807, 2.05) is 24.3 Å². The number of nitrogens with one attached hydrogen (secondary N) is 1. The van der Waals surface area contributed by atoms with Gasteiger partial charge >= 0.3 is 0 Å². The van der Waals surface area contributed by atoms with E-state index in [9.17, 15) is 0 Å². The highest BCUT2D eigenvalue weighted by atomic mass is 35.5. The molecule has 2 rings (SSSR count). The minimum atomic E-state index is 0.622. The molecule has 0 radical (unpaired) electrons. The Morgan fingerprint density at radius 1 is 1.09 bits per heavy atom. The monoisotopic (exact) mass is 337 g/mol. The standard InChI is InChI=1S/C18H21Cl2NO/c1-13(2)8-9-22-16-5-3-4-14(10-16)12-21-18-7-6-15(19)11-17(18)20/h3-7,10-11,13,21H,8-9,12H2,1-2H3. The van der Waals surface area contributed by atoms with Crippen LogP contribution in [-0.4, -0.2) is 6.61 Å². The van der Waals surface area contributed by atoms with Crippen LogP contribution in [0.15, 0.2) is 42.5 Å². The van der Waals surface area contributed by atoms with E-state index in [1.165, 1.54) is 0 Å². The van der Waals surface area contributed by atoms with Gasteiger partial charge in [-0.3, -0.25) is 0 Å². The molecular weight excluding hydrogens is 317 g/mol. The van der Waals surface area contributed by atoms with Gasteiger partial charge in [0.1, 0.15) is 5.75 Å². The van der Waals surface area contributed by atoms with Gasteiger partial charge in [0.05, 0.1) is 17.3 Å². The second-order valence-electron chi connectivity index (χ2n) is 5.66. The topological polar surface area (TPSA) is 21.3 Å². The average molecular weight is 338 g/mol. The Morgan fingerprint density at radius 2 is 1.91 bits per heavy atom. The third-order valence-corrected chi connectivity index (χ3v) is 3.82. The summed E-state index contributed by atoms with van der Waals surface area (Å²) in [4.78, 5) is 0. The summed E-state index contributed by atoms with van der Waals surface area (Å²) < 4.78 is 5.78. The molecule has 0 spiro atoms. The Morgan fingerprint density at radius 3 is 2.64 bits per heavy atom. The molecule has 0 atom stereocenters. The zero-order chi connectivity index (χ0) is 15.9. The first-order valence-electron chi connectivity index (χ1n) is 7.45. The molecule has 0 fully saturated rings. The van der Waals surface area contributed by atoms with Gasteiger partial charge in [-0.25, -0.2) is 0 Å². The van der Waals surface area contributed by atoms with Crippen molar-refractivity contribution < 1.29 is 4.74 Å². The fourth-order valence-corrected chi connectivity index (χ4v) is 2.46. The van der Waals surface area contributed by atoms with Gasteiger partial charge in [0.2, 0.25) is 0 Å². The van der Waals surface area contributed by atoms with Crippen LogP contribution in [0.1, 0.15) is 25.8 Å². The molecule has 4 heteroatoms. The largest absolute Gasteiger partial charge is 0.494 e. The van der Waals surface area contributed by atoms with E-state index < -0.39 is 0 Å². The van der Waals surface area contributed by atoms with Crippen LogP contribution in [0.2, 0.25) is 10.0 Å². The Kier molecular flexibility index (Phi) is 6.41. The van der Waals surface area contributed by atoms with Crippen molar-refractivity contribution in [3.63, 3.8) is 0 Å². The minimum Gasteiger partial charge on any atom is -0.494 e. The summed E-state index contributed by atoms with van der Waals surface area (Å²) in [5, 5.41) is 4.57. The van der Waals surface area contributed by atoms with Crippen LogP contribution >= 0.6 is 23.2 Å². The highest BCUT2D eigenvalue weighted by Gasteiger charge is 2.02. The first kappa shape index (κ1) is 17.0. The summed E-state index contributed by atoms with van der Waals surface area (Å²) in [7, 11) is 0. The van der Waals surface area contributed by atoms with Gasteiger partial charge in [-0.1, -0.05) is 49.2 Å². The zero-order valence-electron chi connectivity index (χ0n) is 12.9. The van der Waals surface area contributed by atoms with Crippen LogP contribution in [0.3, 0.4) is 0 Å². The summed E-state index contributed by atoms with van der Waals surface area (Å²) in [5.74, 6) is 1.55. The van der Waals surface area contributed by atoms with Crippen LogP contribution < -0.4 is 10.1 Å². The number of benzene rings is 2. The summed E-state index contributed by atoms with van der Waals surface area (Å²) in [5.41, 5.74) is 2.02. The second kappa shape index (κ2) is 8.30. The number of ether oxygens (including phenoxy) is 1. The predicted octanol–water partition coefficient (Wildman–Crippen LogP) is 6.03. The van der Waals surface area contributed by atoms with Crippen molar-refractivity contribution in [1.82, 2.24) is 0 Å². The van der Waals surface area contributed by atoms with E-state index in [2.05, 4.69) is 31.3 Å². The number of rotatable bonds is 7. The highest BCUT2D eigenvalue weighted by Crippen LogP contribution is 2.26. The quantitative estimate of drug-likeness (QED) is 0.665. The lowest BCUT2D eigenvalue weighted by molar-refractivity contribution is 0.289. The number of hydrogen-bond donors (Lipinski definition) is 1. The molecule has 0 aliphatic carbocycles. The van der Waals surface area contributed by atoms with Crippen LogP contribution in [0.5, 0.6) is 5.75 Å². The molecule has 1 N–H and O–H groups in total. The summed E-state index contributed by atoms with van der Waals surface area (Å²) in [6.07, 6.45) is 1.06. The van der Waals surface area contributed by atoms with Crippen LogP contribution in [0.4, 0.5) is 5.69 Å². The molecule has 0 saturated heterocycles. The van der Waals surface area contributed by atoms with Crippen molar-refractivity contribution in [2.45, 2.75) is 26.8 Å². The van der Waals surface area contributed by atoms with Crippen molar-refractivity contribution >= 4 is 28.9 Å². The van der Waals surface area contributed by atoms with Crippen molar-refractivity contribution in [3.05, 3.63) is 58.1 Å². The van der Waals surface area contributed by atoms with Crippen molar-refractivity contribution in [2.24, 2.45) is 5.92 Å². The van der Waals surface area contributed by atoms with E-state index in [0.29, 0.717) is 22.5 Å². The molecule has 22 heavy (non-hydrogen) atoms. The van der Waals surface area contributed by atoms with E-state index in [1.54, 1.807) is 6.07 Å². The van der Waals surface area contributed by atoms with Gasteiger partial charge in [0, 0.05) is 11.6 Å². The second-order valence-corrected chi connectivity index (χ2v) is 6.50. The lowest BCUT2D eigenvalue weighted by Gasteiger charge is -2.11. The normalized spacial score (nSPS) is 10.8. The van der Waals surface area contributed by atoms with Gasteiger partial charge in [-0.05, 0) is 48.2 Å². The smallest absolute Gasteiger partial charge is 0.119 e. The highest BCUT2D eigenvalue weighted by molar-refractivity contribution is 6.36. The van der Waals surface area contributed by atoms with E-state index in [0.717, 1.165) is 30.0 Å². The molecule has 2 aromatic rings. The molecule has 0 saturated carbocycles. The molecule has 0 aliphatic heterocycles. The molecule has 2 aromatic carbocycles. The molecule has 0 aromatic heterocycles. The van der Waals surface area contributed by atoms with Crippen LogP contribution in [-0.2, 0) is 6.54 Å². The van der Waals surface area contributed by atoms with Gasteiger partial charge in [-0.2, -0.15) is 0 Å². The molecule has 0 unspecified atom stereocenters. The molecule has 0 bridgehead atoms. The van der Waals surface area contributed by atoms with Crippen molar-refractivity contribution in [2.75, 3.05) is 11.9 Å². The third kappa shape index (κ3) is 5.43. The lowest BCUT2D eigenvalue weighted by atomic mass is 10.1. The maximum absolute atomic E-state index is 6.15. The maximum atomic E-state index is 6.15. The first-order chi connectivity index (χ1) is 10.5. The molecule has 2 nitrogen and oxygen atoms in total. The molecule has 0 aliphatic rings. The summed E-state index contributed by atoms with van der Waals surface area (Å²) in [6.45, 7) is 5.82. The first-order valence-corrected chi connectivity index (χ1v) is 8.21. The molecular formula is C18H21Cl2NO. The molecule has 0 amide bonds. The minimum absolute atomic E-state index is 0.622. The number of halogens is 2. The predicted molar refractivity (Wildman–Crippen MR) is 95.2 cm³/mol. The number of anilines is 1. The molecule has 0 heterocycles. The fourth-order valence-electron chi connectivity index (χ4n) is 1.99. The van der Waals surface area contributed by atoms with Crippen LogP contribution in [0.25, 0.3) is 0 Å². The Balaban J connectivity index is 1.92. The lowest BCUT2D eigenvalue weighted by Crippen LogP contribution is -2.03. The van der Waals surface area contributed by atoms with E-state index in [4.69, 9.17) is 27.9 Å². The SMILES string of the molecule is CC(C)CCOc1cccc(CNc2ccc(Cl)cc2Cl)c1. The molecule has 118 valence electrons. The summed E-state index contributed by atoms with van der Waals surface area (Å²) in [6, 6.07) is 13.5. The van der Waals surface area contributed by atoms with Crippen molar-refractivity contribution in [1.29, 1.82) is 0 Å². The van der Waals surface area contributed by atoms with Gasteiger partial charge in [0.25, 0.3) is 0 Å². The third-order valence-electron chi connectivity index (χ3n) is 3.28. The van der Waals surface area contributed by atoms with Gasteiger partial charge in [-0.15, -0.1) is 0 Å². The van der Waals surface area contributed by atoms with E-state index >= 15 is 0 Å². The average Bonchev–Trinajstić information content (AvgIpc) is 2.46. The number of hydrogen-bond acceptors (Lipinski definition) is 2. The Hall–Kier alpha value is -1.38. The fraction of sp³-hybridized carbons (Fsp3) is 0.333. The van der Waals surface area contributed by atoms with Gasteiger partial charge in [0.15, 0.2) is 0 Å². The van der Waals surface area contributed by atoms with E-state index in [-0.39, 0.29) is 0 Å².